The molecule has 1 unspecified atom stereocenters. The third kappa shape index (κ3) is 2.12. The van der Waals surface area contributed by atoms with Crippen molar-refractivity contribution in [2.24, 2.45) is 0 Å². The highest BCUT2D eigenvalue weighted by Gasteiger charge is 2.23. The predicted octanol–water partition coefficient (Wildman–Crippen LogP) is 1.95. The van der Waals surface area contributed by atoms with Gasteiger partial charge in [-0.25, -0.2) is 4.98 Å². The summed E-state index contributed by atoms with van der Waals surface area (Å²) >= 11 is 0. The fourth-order valence-corrected chi connectivity index (χ4v) is 2.28. The van der Waals surface area contributed by atoms with Crippen molar-refractivity contribution in [2.75, 3.05) is 11.4 Å². The van der Waals surface area contributed by atoms with E-state index in [0.717, 1.165) is 18.1 Å². The summed E-state index contributed by atoms with van der Waals surface area (Å²) in [5.41, 5.74) is 0.759. The van der Waals surface area contributed by atoms with Crippen molar-refractivity contribution in [3.05, 3.63) is 23.9 Å². The zero-order chi connectivity index (χ0) is 10.7. The molecule has 3 nitrogen and oxygen atoms in total. The summed E-state index contributed by atoms with van der Waals surface area (Å²) in [4.78, 5) is 6.81. The second-order valence-electron chi connectivity index (χ2n) is 4.04. The van der Waals surface area contributed by atoms with Crippen LogP contribution in [0.5, 0.6) is 0 Å². The van der Waals surface area contributed by atoms with Crippen LogP contribution in [0.4, 0.5) is 5.82 Å². The number of hydrogen-bond acceptors (Lipinski definition) is 3. The largest absolute Gasteiger partial charge is 0.390 e. The molecule has 0 saturated carbocycles. The van der Waals surface area contributed by atoms with Crippen molar-refractivity contribution in [1.29, 1.82) is 0 Å². The van der Waals surface area contributed by atoms with Crippen molar-refractivity contribution in [1.82, 2.24) is 4.98 Å². The first kappa shape index (κ1) is 10.4. The number of aromatic nitrogens is 1. The highest BCUT2D eigenvalue weighted by atomic mass is 16.3. The molecule has 2 rings (SSSR count). The standard InChI is InChI=1S/C12H18N2O/c1-2-11-6-4-8-14(11)12-7-3-5-10(9-15)13-12/h3,5,7,11,15H,2,4,6,8-9H2,1H3. The number of aliphatic hydroxyl groups is 1. The van der Waals surface area contributed by atoms with E-state index in [2.05, 4.69) is 16.8 Å². The van der Waals surface area contributed by atoms with Gasteiger partial charge in [0.15, 0.2) is 0 Å². The smallest absolute Gasteiger partial charge is 0.129 e. The van der Waals surface area contributed by atoms with Crippen LogP contribution in [-0.4, -0.2) is 22.7 Å². The second-order valence-corrected chi connectivity index (χ2v) is 4.04. The van der Waals surface area contributed by atoms with Crippen LogP contribution in [0.2, 0.25) is 0 Å². The first-order valence-corrected chi connectivity index (χ1v) is 5.68. The van der Waals surface area contributed by atoms with E-state index in [1.165, 1.54) is 19.3 Å². The lowest BCUT2D eigenvalue weighted by molar-refractivity contribution is 0.277. The minimum absolute atomic E-state index is 0.0263. The van der Waals surface area contributed by atoms with E-state index >= 15 is 0 Å². The molecule has 2 heterocycles. The van der Waals surface area contributed by atoms with Gasteiger partial charge in [-0.3, -0.25) is 0 Å². The van der Waals surface area contributed by atoms with E-state index in [4.69, 9.17) is 5.11 Å². The van der Waals surface area contributed by atoms with Crippen LogP contribution >= 0.6 is 0 Å². The molecule has 1 aliphatic heterocycles. The van der Waals surface area contributed by atoms with Gasteiger partial charge in [-0.2, -0.15) is 0 Å². The Balaban J connectivity index is 2.20. The van der Waals surface area contributed by atoms with Crippen molar-refractivity contribution >= 4 is 5.82 Å². The summed E-state index contributed by atoms with van der Waals surface area (Å²) in [6.07, 6.45) is 3.69. The van der Waals surface area contributed by atoms with Gasteiger partial charge < -0.3 is 10.0 Å². The molecule has 1 saturated heterocycles. The quantitative estimate of drug-likeness (QED) is 0.821. The van der Waals surface area contributed by atoms with Crippen LogP contribution in [0.3, 0.4) is 0 Å². The lowest BCUT2D eigenvalue weighted by Gasteiger charge is -2.24. The maximum absolute atomic E-state index is 9.05. The van der Waals surface area contributed by atoms with Crippen LogP contribution in [0.25, 0.3) is 0 Å². The fraction of sp³-hybridized carbons (Fsp3) is 0.583. The average molecular weight is 206 g/mol. The van der Waals surface area contributed by atoms with E-state index in [9.17, 15) is 0 Å². The molecule has 82 valence electrons. The Morgan fingerprint density at radius 3 is 3.13 bits per heavy atom. The van der Waals surface area contributed by atoms with Gasteiger partial charge >= 0.3 is 0 Å². The topological polar surface area (TPSA) is 36.4 Å². The number of hydrogen-bond donors (Lipinski definition) is 1. The van der Waals surface area contributed by atoms with Gasteiger partial charge in [-0.15, -0.1) is 0 Å². The van der Waals surface area contributed by atoms with Gasteiger partial charge in [-0.1, -0.05) is 13.0 Å². The minimum Gasteiger partial charge on any atom is -0.390 e. The van der Waals surface area contributed by atoms with E-state index in [1.807, 2.05) is 18.2 Å². The average Bonchev–Trinajstić information content (AvgIpc) is 2.77. The molecule has 0 aromatic carbocycles. The van der Waals surface area contributed by atoms with Gasteiger partial charge in [0.05, 0.1) is 12.3 Å². The van der Waals surface area contributed by atoms with Gasteiger partial charge in [-0.05, 0) is 31.4 Å². The van der Waals surface area contributed by atoms with Crippen LogP contribution in [-0.2, 0) is 6.61 Å². The minimum atomic E-state index is 0.0263. The lowest BCUT2D eigenvalue weighted by atomic mass is 10.2. The highest BCUT2D eigenvalue weighted by Crippen LogP contribution is 2.25. The number of anilines is 1. The third-order valence-electron chi connectivity index (χ3n) is 3.10. The molecule has 0 radical (unpaired) electrons. The lowest BCUT2D eigenvalue weighted by Crippen LogP contribution is -2.29. The third-order valence-corrected chi connectivity index (χ3v) is 3.10. The van der Waals surface area contributed by atoms with Gasteiger partial charge in [0.25, 0.3) is 0 Å². The molecule has 1 fully saturated rings. The molecule has 15 heavy (non-hydrogen) atoms. The molecule has 1 aromatic rings. The molecule has 0 spiro atoms. The molecule has 1 aliphatic rings. The Labute approximate surface area is 90.8 Å². The van der Waals surface area contributed by atoms with Crippen molar-refractivity contribution in [3.8, 4) is 0 Å². The van der Waals surface area contributed by atoms with E-state index in [1.54, 1.807) is 0 Å². The molecular formula is C12H18N2O. The molecule has 1 atom stereocenters. The molecule has 0 amide bonds. The molecular weight excluding hydrogens is 188 g/mol. The molecule has 1 N–H and O–H groups in total. The summed E-state index contributed by atoms with van der Waals surface area (Å²) in [6, 6.07) is 6.50. The summed E-state index contributed by atoms with van der Waals surface area (Å²) < 4.78 is 0. The van der Waals surface area contributed by atoms with Crippen molar-refractivity contribution < 1.29 is 5.11 Å². The van der Waals surface area contributed by atoms with E-state index < -0.39 is 0 Å². The Morgan fingerprint density at radius 1 is 1.53 bits per heavy atom. The molecule has 3 heteroatoms. The zero-order valence-electron chi connectivity index (χ0n) is 9.19. The Bertz CT molecular complexity index is 327. The summed E-state index contributed by atoms with van der Waals surface area (Å²) in [7, 11) is 0. The molecule has 1 aromatic heterocycles. The summed E-state index contributed by atoms with van der Waals surface area (Å²) in [6.45, 7) is 3.34. The first-order valence-electron chi connectivity index (χ1n) is 5.68. The Kier molecular flexibility index (Phi) is 3.21. The van der Waals surface area contributed by atoms with Crippen LogP contribution in [0.15, 0.2) is 18.2 Å². The number of nitrogens with zero attached hydrogens (tertiary/aromatic N) is 2. The van der Waals surface area contributed by atoms with Crippen molar-refractivity contribution in [2.45, 2.75) is 38.8 Å². The maximum atomic E-state index is 9.05. The maximum Gasteiger partial charge on any atom is 0.129 e. The monoisotopic (exact) mass is 206 g/mol. The number of aliphatic hydroxyl groups excluding tert-OH is 1. The zero-order valence-corrected chi connectivity index (χ0v) is 9.19. The van der Waals surface area contributed by atoms with Crippen LogP contribution in [0.1, 0.15) is 31.9 Å². The SMILES string of the molecule is CCC1CCCN1c1cccc(CO)n1. The highest BCUT2D eigenvalue weighted by molar-refractivity contribution is 5.41. The molecule has 0 bridgehead atoms. The fourth-order valence-electron chi connectivity index (χ4n) is 2.28. The Hall–Kier alpha value is -1.09. The molecule has 0 aliphatic carbocycles. The van der Waals surface area contributed by atoms with E-state index in [0.29, 0.717) is 6.04 Å². The first-order chi connectivity index (χ1) is 7.35. The van der Waals surface area contributed by atoms with Gasteiger partial charge in [0.1, 0.15) is 5.82 Å². The van der Waals surface area contributed by atoms with Gasteiger partial charge in [0.2, 0.25) is 0 Å². The Morgan fingerprint density at radius 2 is 2.40 bits per heavy atom. The van der Waals surface area contributed by atoms with Crippen LogP contribution < -0.4 is 4.90 Å². The van der Waals surface area contributed by atoms with Gasteiger partial charge in [0, 0.05) is 12.6 Å². The van der Waals surface area contributed by atoms with Crippen LogP contribution in [0, 0.1) is 0 Å². The summed E-state index contributed by atoms with van der Waals surface area (Å²) in [5.74, 6) is 1.02. The summed E-state index contributed by atoms with van der Waals surface area (Å²) in [5, 5.41) is 9.05. The van der Waals surface area contributed by atoms with Crippen molar-refractivity contribution in [3.63, 3.8) is 0 Å². The van der Waals surface area contributed by atoms with E-state index in [-0.39, 0.29) is 6.61 Å². The number of pyridine rings is 1. The predicted molar refractivity (Wildman–Crippen MR) is 60.8 cm³/mol. The normalized spacial score (nSPS) is 20.9. The number of rotatable bonds is 3. The second kappa shape index (κ2) is 4.62.